The quantitative estimate of drug-likeness (QED) is 0.746. The van der Waals surface area contributed by atoms with Crippen LogP contribution >= 0.6 is 0 Å². The van der Waals surface area contributed by atoms with Crippen LogP contribution in [-0.2, 0) is 17.3 Å². The van der Waals surface area contributed by atoms with Crippen LogP contribution in [0.5, 0.6) is 0 Å². The van der Waals surface area contributed by atoms with Crippen LogP contribution in [0.4, 0.5) is 0 Å². The van der Waals surface area contributed by atoms with Crippen LogP contribution in [0, 0.1) is 0 Å². The zero-order valence-electron chi connectivity index (χ0n) is 5.44. The Morgan fingerprint density at radius 3 is 1.14 bits per heavy atom. The van der Waals surface area contributed by atoms with Crippen LogP contribution in [0.1, 0.15) is 20.8 Å². The first-order chi connectivity index (χ1) is 3.35. The molecule has 0 rings (SSSR count). The predicted molar refractivity (Wildman–Crippen MR) is 31.4 cm³/mol. The summed E-state index contributed by atoms with van der Waals surface area (Å²) in [5, 5.41) is 0. The zero-order valence-corrected chi connectivity index (χ0v) is 7.71. The molecular formula is C6H15Pt. The average molecular weight is 282 g/mol. The van der Waals surface area contributed by atoms with Crippen molar-refractivity contribution in [2.45, 2.75) is 35.2 Å². The van der Waals surface area contributed by atoms with Crippen molar-refractivity contribution < 1.29 is 17.3 Å². The normalized spacial score (nSPS) is 11.6. The molecule has 0 bridgehead atoms. The van der Waals surface area contributed by atoms with E-state index >= 15 is 0 Å². The second kappa shape index (κ2) is 4.84. The molecule has 0 amide bonds. The molecule has 0 radical (unpaired) electrons. The molecule has 0 aromatic carbocycles. The molecule has 0 nitrogen and oxygen atoms in total. The summed E-state index contributed by atoms with van der Waals surface area (Å²) in [6.07, 6.45) is 0. The van der Waals surface area contributed by atoms with E-state index in [1.807, 2.05) is 0 Å². The Hall–Kier alpha value is 0.688. The second-order valence-electron chi connectivity index (χ2n) is 1.15. The third kappa shape index (κ3) is 3.29. The van der Waals surface area contributed by atoms with Gasteiger partial charge in [0.25, 0.3) is 0 Å². The molecule has 0 saturated carbocycles. The van der Waals surface area contributed by atoms with E-state index in [2.05, 4.69) is 20.8 Å². The van der Waals surface area contributed by atoms with Crippen LogP contribution in [0.3, 0.4) is 0 Å². The number of rotatable bonds is 3. The van der Waals surface area contributed by atoms with Gasteiger partial charge in [-0.2, -0.15) is 0 Å². The van der Waals surface area contributed by atoms with Gasteiger partial charge in [0.1, 0.15) is 0 Å². The van der Waals surface area contributed by atoms with Crippen LogP contribution in [0.2, 0.25) is 14.4 Å². The first-order valence-corrected chi connectivity index (χ1v) is 7.61. The molecule has 0 aliphatic heterocycles. The van der Waals surface area contributed by atoms with Crippen LogP contribution in [-0.4, -0.2) is 0 Å². The number of hydrogen-bond donors (Lipinski definition) is 0. The Kier molecular flexibility index (Phi) is 5.31. The van der Waals surface area contributed by atoms with Crippen molar-refractivity contribution in [2.75, 3.05) is 0 Å². The minimum absolute atomic E-state index is 0.326. The van der Waals surface area contributed by atoms with Crippen LogP contribution in [0.25, 0.3) is 0 Å². The molecule has 1 heteroatoms. The van der Waals surface area contributed by atoms with Crippen molar-refractivity contribution in [3.8, 4) is 0 Å². The van der Waals surface area contributed by atoms with E-state index in [1.165, 1.54) is 14.4 Å². The zero-order chi connectivity index (χ0) is 5.70. The SMILES string of the molecule is C[CH2][Pt]([CH2]C)[CH2]C. The topological polar surface area (TPSA) is 0 Å². The van der Waals surface area contributed by atoms with Gasteiger partial charge in [0.15, 0.2) is 0 Å². The third-order valence-corrected chi connectivity index (χ3v) is 7.77. The molecule has 0 aromatic rings. The van der Waals surface area contributed by atoms with E-state index in [0.717, 1.165) is 0 Å². The van der Waals surface area contributed by atoms with Gasteiger partial charge in [0.05, 0.1) is 0 Å². The average Bonchev–Trinajstić information content (AvgIpc) is 1.72. The van der Waals surface area contributed by atoms with E-state index in [-0.39, 0.29) is 17.3 Å². The Labute approximate surface area is 52.9 Å². The van der Waals surface area contributed by atoms with Crippen LogP contribution in [0.15, 0.2) is 0 Å². The fraction of sp³-hybridized carbons (Fsp3) is 1.00. The summed E-state index contributed by atoms with van der Waals surface area (Å²) in [6, 6.07) is 0. The summed E-state index contributed by atoms with van der Waals surface area (Å²) in [5.41, 5.74) is 0. The maximum atomic E-state index is 2.33. The first kappa shape index (κ1) is 7.69. The summed E-state index contributed by atoms with van der Waals surface area (Å²) in [4.78, 5) is 4.53. The number of hydrogen-bond acceptors (Lipinski definition) is 0. The van der Waals surface area contributed by atoms with Gasteiger partial charge < -0.3 is 0 Å². The molecule has 49 valence electrons. The van der Waals surface area contributed by atoms with E-state index in [1.54, 1.807) is 0 Å². The van der Waals surface area contributed by atoms with Gasteiger partial charge in [-0.15, -0.1) is 0 Å². The van der Waals surface area contributed by atoms with Crippen molar-refractivity contribution in [1.82, 2.24) is 0 Å². The first-order valence-electron chi connectivity index (χ1n) is 2.79. The fourth-order valence-corrected chi connectivity index (χ4v) is 3.88. The molecule has 0 aromatic heterocycles. The molecule has 0 fully saturated rings. The summed E-state index contributed by atoms with van der Waals surface area (Å²) >= 11 is -0.326. The van der Waals surface area contributed by atoms with Crippen LogP contribution < -0.4 is 0 Å². The van der Waals surface area contributed by atoms with E-state index in [4.69, 9.17) is 0 Å². The standard InChI is InChI=1S/3C2H5.Pt/c3*1-2;/h3*1H2,2H3;. The van der Waals surface area contributed by atoms with Gasteiger partial charge in [0, 0.05) is 0 Å². The Balaban J connectivity index is 2.99. The van der Waals surface area contributed by atoms with Gasteiger partial charge >= 0.3 is 52.5 Å². The molecule has 0 heterocycles. The van der Waals surface area contributed by atoms with Gasteiger partial charge in [0.2, 0.25) is 0 Å². The van der Waals surface area contributed by atoms with Gasteiger partial charge in [-0.25, -0.2) is 0 Å². The summed E-state index contributed by atoms with van der Waals surface area (Å²) in [6.45, 7) is 6.99. The van der Waals surface area contributed by atoms with Gasteiger partial charge in [-0.05, 0) is 0 Å². The molecule has 0 aliphatic rings. The third-order valence-electron chi connectivity index (χ3n) is 0.949. The van der Waals surface area contributed by atoms with Crippen molar-refractivity contribution in [3.63, 3.8) is 0 Å². The Morgan fingerprint density at radius 2 is 1.14 bits per heavy atom. The van der Waals surface area contributed by atoms with Gasteiger partial charge in [-0.3, -0.25) is 0 Å². The van der Waals surface area contributed by atoms with E-state index in [9.17, 15) is 0 Å². The van der Waals surface area contributed by atoms with Gasteiger partial charge in [-0.1, -0.05) is 0 Å². The molecule has 0 N–H and O–H groups in total. The summed E-state index contributed by atoms with van der Waals surface area (Å²) in [5.74, 6) is 0. The predicted octanol–water partition coefficient (Wildman–Crippen LogP) is 2.92. The molecule has 0 aliphatic carbocycles. The van der Waals surface area contributed by atoms with Crippen molar-refractivity contribution in [3.05, 3.63) is 0 Å². The van der Waals surface area contributed by atoms with E-state index < -0.39 is 0 Å². The molecule has 0 atom stereocenters. The van der Waals surface area contributed by atoms with Crippen molar-refractivity contribution in [2.24, 2.45) is 0 Å². The second-order valence-corrected chi connectivity index (χ2v) is 9.37. The minimum atomic E-state index is -0.326. The molecule has 0 saturated heterocycles. The molecular weight excluding hydrogens is 267 g/mol. The Bertz CT molecular complexity index is 25.7. The molecule has 0 unspecified atom stereocenters. The van der Waals surface area contributed by atoms with Crippen molar-refractivity contribution in [1.29, 1.82) is 0 Å². The monoisotopic (exact) mass is 282 g/mol. The van der Waals surface area contributed by atoms with E-state index in [0.29, 0.717) is 0 Å². The molecule has 7 heavy (non-hydrogen) atoms. The fourth-order valence-electron chi connectivity index (χ4n) is 0.474. The summed E-state index contributed by atoms with van der Waals surface area (Å²) < 4.78 is 0. The summed E-state index contributed by atoms with van der Waals surface area (Å²) in [7, 11) is 0. The molecule has 0 spiro atoms. The van der Waals surface area contributed by atoms with Crippen molar-refractivity contribution >= 4 is 0 Å². The maximum absolute atomic E-state index is 2.33. The Morgan fingerprint density at radius 1 is 0.857 bits per heavy atom.